The number of hydrogen-bond donors (Lipinski definition) is 3. The number of carbonyl (C=O) groups is 3. The molecule has 0 unspecified atom stereocenters. The molecule has 1 atom stereocenters. The van der Waals surface area contributed by atoms with E-state index in [0.717, 1.165) is 0 Å². The maximum Gasteiger partial charge on any atom is 0.303 e. The summed E-state index contributed by atoms with van der Waals surface area (Å²) >= 11 is 6.49. The van der Waals surface area contributed by atoms with E-state index in [2.05, 4.69) is 37.2 Å². The highest BCUT2D eigenvalue weighted by Gasteiger charge is 2.20. The molecule has 4 N–H and O–H groups in total. The summed E-state index contributed by atoms with van der Waals surface area (Å²) in [4.78, 5) is 33.7. The number of aliphatic carboxylic acids is 1. The van der Waals surface area contributed by atoms with Crippen molar-refractivity contribution in [1.82, 2.24) is 5.32 Å². The smallest absolute Gasteiger partial charge is 0.303 e. The van der Waals surface area contributed by atoms with Crippen molar-refractivity contribution >= 4 is 49.6 Å². The van der Waals surface area contributed by atoms with Crippen LogP contribution in [0.3, 0.4) is 0 Å². The Morgan fingerprint density at radius 3 is 2.20 bits per heavy atom. The van der Waals surface area contributed by atoms with Crippen LogP contribution in [-0.2, 0) is 9.59 Å². The number of primary amides is 1. The lowest BCUT2D eigenvalue weighted by Gasteiger charge is -2.14. The topological polar surface area (TPSA) is 109 Å². The van der Waals surface area contributed by atoms with Gasteiger partial charge in [-0.2, -0.15) is 0 Å². The minimum atomic E-state index is -1.06. The van der Waals surface area contributed by atoms with Crippen molar-refractivity contribution in [3.8, 4) is 0 Å². The maximum atomic E-state index is 12.0. The third-order valence-electron chi connectivity index (χ3n) is 2.42. The minimum Gasteiger partial charge on any atom is -0.481 e. The summed E-state index contributed by atoms with van der Waals surface area (Å²) in [5.41, 5.74) is 5.47. The first-order chi connectivity index (χ1) is 9.29. The lowest BCUT2D eigenvalue weighted by atomic mass is 10.1. The van der Waals surface area contributed by atoms with Crippen LogP contribution in [0.5, 0.6) is 0 Å². The molecule has 1 aromatic carbocycles. The van der Waals surface area contributed by atoms with Crippen molar-refractivity contribution in [3.05, 3.63) is 32.7 Å². The van der Waals surface area contributed by atoms with Crippen LogP contribution in [0.1, 0.15) is 23.2 Å². The highest BCUT2D eigenvalue weighted by molar-refractivity contribution is 9.11. The Labute approximate surface area is 132 Å². The summed E-state index contributed by atoms with van der Waals surface area (Å²) in [5.74, 6) is -2.33. The van der Waals surface area contributed by atoms with Gasteiger partial charge in [0.2, 0.25) is 5.91 Å². The number of amides is 2. The molecule has 0 bridgehead atoms. The van der Waals surface area contributed by atoms with Gasteiger partial charge in [-0.3, -0.25) is 14.4 Å². The van der Waals surface area contributed by atoms with E-state index in [0.29, 0.717) is 14.5 Å². The van der Waals surface area contributed by atoms with E-state index in [4.69, 9.17) is 10.8 Å². The average molecular weight is 408 g/mol. The molecule has 20 heavy (non-hydrogen) atoms. The van der Waals surface area contributed by atoms with Crippen LogP contribution in [0.4, 0.5) is 0 Å². The fourth-order valence-electron chi connectivity index (χ4n) is 1.48. The zero-order chi connectivity index (χ0) is 15.3. The predicted octanol–water partition coefficient (Wildman–Crippen LogP) is 1.66. The summed E-state index contributed by atoms with van der Waals surface area (Å²) in [5, 5.41) is 11.0. The number of carboxylic acids is 1. The molecule has 0 saturated carbocycles. The van der Waals surface area contributed by atoms with Crippen molar-refractivity contribution in [3.63, 3.8) is 0 Å². The van der Waals surface area contributed by atoms with Gasteiger partial charge in [0.15, 0.2) is 0 Å². The van der Waals surface area contributed by atoms with Crippen molar-refractivity contribution in [1.29, 1.82) is 0 Å². The van der Waals surface area contributed by atoms with Crippen molar-refractivity contribution in [2.24, 2.45) is 5.73 Å². The van der Waals surface area contributed by atoms with Gasteiger partial charge in [0.25, 0.3) is 5.91 Å². The molecule has 0 saturated heterocycles. The van der Waals surface area contributed by atoms with Crippen LogP contribution in [0.25, 0.3) is 0 Å². The monoisotopic (exact) mass is 406 g/mol. The summed E-state index contributed by atoms with van der Waals surface area (Å²) in [6.45, 7) is 0. The van der Waals surface area contributed by atoms with Crippen LogP contribution in [0.15, 0.2) is 27.1 Å². The largest absolute Gasteiger partial charge is 0.481 e. The number of nitrogens with two attached hydrogens (primary N) is 1. The van der Waals surface area contributed by atoms with Crippen molar-refractivity contribution < 1.29 is 19.5 Å². The van der Waals surface area contributed by atoms with E-state index in [1.807, 2.05) is 0 Å². The number of hydrogen-bond acceptors (Lipinski definition) is 3. The van der Waals surface area contributed by atoms with Crippen molar-refractivity contribution in [2.45, 2.75) is 18.9 Å². The van der Waals surface area contributed by atoms with Crippen LogP contribution in [-0.4, -0.2) is 28.9 Å². The molecule has 6 nitrogen and oxygen atoms in total. The third kappa shape index (κ3) is 5.30. The Hall–Kier alpha value is -1.41. The van der Waals surface area contributed by atoms with E-state index >= 15 is 0 Å². The standard InChI is InChI=1S/C12H12Br2N2O4/c13-7-3-6(4-8(14)5-7)12(20)16-9(11(15)19)1-2-10(17)18/h3-5,9H,1-2H2,(H2,15,19)(H,16,20)(H,17,18)/t9-/m0/s1. The second-order valence-corrected chi connectivity index (χ2v) is 5.85. The third-order valence-corrected chi connectivity index (χ3v) is 3.34. The molecule has 8 heteroatoms. The van der Waals surface area contributed by atoms with Crippen LogP contribution >= 0.6 is 31.9 Å². The Balaban J connectivity index is 2.79. The summed E-state index contributed by atoms with van der Waals surface area (Å²) in [7, 11) is 0. The second-order valence-electron chi connectivity index (χ2n) is 4.02. The van der Waals surface area contributed by atoms with E-state index in [1.165, 1.54) is 0 Å². The molecular formula is C12H12Br2N2O4. The molecule has 108 valence electrons. The second kappa shape index (κ2) is 7.39. The molecular weight excluding hydrogens is 396 g/mol. The Bertz CT molecular complexity index is 528. The quantitative estimate of drug-likeness (QED) is 0.665. The molecule has 0 radical (unpaired) electrons. The first kappa shape index (κ1) is 16.6. The molecule has 2 amide bonds. The van der Waals surface area contributed by atoms with Crippen LogP contribution in [0.2, 0.25) is 0 Å². The number of halogens is 2. The first-order valence-corrected chi connectivity index (χ1v) is 7.16. The number of benzene rings is 1. The van der Waals surface area contributed by atoms with E-state index in [9.17, 15) is 14.4 Å². The minimum absolute atomic E-state index is 0.0500. The normalized spacial score (nSPS) is 11.7. The lowest BCUT2D eigenvalue weighted by molar-refractivity contribution is -0.137. The maximum absolute atomic E-state index is 12.0. The number of rotatable bonds is 6. The summed E-state index contributed by atoms with van der Waals surface area (Å²) in [6.07, 6.45) is -0.304. The molecule has 1 rings (SSSR count). The van der Waals surface area contributed by atoms with Gasteiger partial charge in [-0.05, 0) is 24.6 Å². The highest BCUT2D eigenvalue weighted by Crippen LogP contribution is 2.20. The molecule has 1 aromatic rings. The van der Waals surface area contributed by atoms with Crippen LogP contribution < -0.4 is 11.1 Å². The summed E-state index contributed by atoms with van der Waals surface area (Å²) < 4.78 is 1.39. The highest BCUT2D eigenvalue weighted by atomic mass is 79.9. The van der Waals surface area contributed by atoms with E-state index in [-0.39, 0.29) is 12.8 Å². The molecule has 0 heterocycles. The predicted molar refractivity (Wildman–Crippen MR) is 79.2 cm³/mol. The van der Waals surface area contributed by atoms with Gasteiger partial charge in [-0.25, -0.2) is 0 Å². The van der Waals surface area contributed by atoms with Gasteiger partial charge in [0.05, 0.1) is 0 Å². The number of carboxylic acid groups (broad SMARTS) is 1. The zero-order valence-corrected chi connectivity index (χ0v) is 13.4. The van der Waals surface area contributed by atoms with Crippen LogP contribution in [0, 0.1) is 0 Å². The van der Waals surface area contributed by atoms with Crippen molar-refractivity contribution in [2.75, 3.05) is 0 Å². The first-order valence-electron chi connectivity index (χ1n) is 5.57. The SMILES string of the molecule is NC(=O)[C@H](CCC(=O)O)NC(=O)c1cc(Br)cc(Br)c1. The fourth-order valence-corrected chi connectivity index (χ4v) is 2.77. The summed E-state index contributed by atoms with van der Waals surface area (Å²) in [6, 6.07) is 3.90. The Kier molecular flexibility index (Phi) is 6.15. The van der Waals surface area contributed by atoms with E-state index < -0.39 is 23.8 Å². The van der Waals surface area contributed by atoms with Gasteiger partial charge in [-0.15, -0.1) is 0 Å². The van der Waals surface area contributed by atoms with Gasteiger partial charge in [-0.1, -0.05) is 31.9 Å². The molecule has 0 aliphatic carbocycles. The fraction of sp³-hybridized carbons (Fsp3) is 0.250. The molecule has 0 spiro atoms. The molecule has 0 aliphatic rings. The van der Waals surface area contributed by atoms with Gasteiger partial charge < -0.3 is 16.2 Å². The number of nitrogens with one attached hydrogen (secondary N) is 1. The van der Waals surface area contributed by atoms with Gasteiger partial charge in [0, 0.05) is 20.9 Å². The molecule has 0 aliphatic heterocycles. The van der Waals surface area contributed by atoms with Gasteiger partial charge in [0.1, 0.15) is 6.04 Å². The molecule has 0 fully saturated rings. The number of carbonyl (C=O) groups excluding carboxylic acids is 2. The zero-order valence-electron chi connectivity index (χ0n) is 10.2. The Morgan fingerprint density at radius 2 is 1.75 bits per heavy atom. The van der Waals surface area contributed by atoms with Gasteiger partial charge >= 0.3 is 5.97 Å². The molecule has 0 aromatic heterocycles. The average Bonchev–Trinajstić information content (AvgIpc) is 2.32. The lowest BCUT2D eigenvalue weighted by Crippen LogP contribution is -2.44. The Morgan fingerprint density at radius 1 is 1.20 bits per heavy atom. The van der Waals surface area contributed by atoms with E-state index in [1.54, 1.807) is 18.2 Å².